The number of hydrogen-bond acceptors (Lipinski definition) is 4. The minimum Gasteiger partial charge on any atom is -0.480 e. The van der Waals surface area contributed by atoms with Gasteiger partial charge in [-0.15, -0.1) is 0 Å². The number of aliphatic carboxylic acids is 1. The maximum absolute atomic E-state index is 11.7. The molecule has 0 aromatic carbocycles. The van der Waals surface area contributed by atoms with Crippen molar-refractivity contribution < 1.29 is 29.4 Å². The Kier molecular flexibility index (Phi) is 17.6. The van der Waals surface area contributed by atoms with E-state index in [-0.39, 0.29) is 0 Å². The molecule has 29 heavy (non-hydrogen) atoms. The number of aliphatic hydroxyl groups is 1. The van der Waals surface area contributed by atoms with E-state index in [9.17, 15) is 19.1 Å². The van der Waals surface area contributed by atoms with Gasteiger partial charge in [0.05, 0.1) is 6.61 Å². The van der Waals surface area contributed by atoms with E-state index in [1.165, 1.54) is 25.7 Å². The largest absolute Gasteiger partial charge is 0.480 e. The normalized spacial score (nSPS) is 13.6. The fourth-order valence-electron chi connectivity index (χ4n) is 3.20. The number of carboxylic acid groups (broad SMARTS) is 1. The van der Waals surface area contributed by atoms with Crippen LogP contribution < -0.4 is 5.32 Å². The van der Waals surface area contributed by atoms with Gasteiger partial charge in [-0.05, 0) is 38.6 Å². The second kappa shape index (κ2) is 18.1. The number of hydrogen-bond donors (Lipinski definition) is 5. The summed E-state index contributed by atoms with van der Waals surface area (Å²) >= 11 is 0. The van der Waals surface area contributed by atoms with Crippen molar-refractivity contribution in [1.29, 1.82) is 0 Å². The first kappa shape index (κ1) is 28.3. The van der Waals surface area contributed by atoms with Crippen molar-refractivity contribution in [3.05, 3.63) is 11.4 Å². The van der Waals surface area contributed by atoms with Gasteiger partial charge in [-0.3, -0.25) is 9.36 Å². The highest BCUT2D eigenvalue weighted by atomic mass is 31.2. The molecule has 0 heterocycles. The molecule has 172 valence electrons. The Bertz CT molecular complexity index is 492. The molecule has 8 heteroatoms. The van der Waals surface area contributed by atoms with Gasteiger partial charge in [0, 0.05) is 5.31 Å². The molecule has 0 aromatic rings. The lowest BCUT2D eigenvalue weighted by Crippen LogP contribution is -2.40. The van der Waals surface area contributed by atoms with Crippen molar-refractivity contribution in [3.8, 4) is 0 Å². The van der Waals surface area contributed by atoms with Crippen molar-refractivity contribution >= 4 is 13.6 Å². The third-order valence-electron chi connectivity index (χ3n) is 5.04. The van der Waals surface area contributed by atoms with Gasteiger partial charge in [0.1, 0.15) is 6.04 Å². The molecular formula is C21H42NO6P. The van der Waals surface area contributed by atoms with Crippen LogP contribution in [0.3, 0.4) is 0 Å². The average molecular weight is 436 g/mol. The molecule has 0 fully saturated rings. The maximum Gasteiger partial charge on any atom is 0.351 e. The fraction of sp³-hybridized carbons (Fsp3) is 0.857. The minimum atomic E-state index is -4.15. The molecule has 0 amide bonds. The summed E-state index contributed by atoms with van der Waals surface area (Å²) < 4.78 is 11.7. The summed E-state index contributed by atoms with van der Waals surface area (Å²) in [5.41, 5.74) is 0. The first-order chi connectivity index (χ1) is 13.8. The Morgan fingerprint density at radius 1 is 0.931 bits per heavy atom. The van der Waals surface area contributed by atoms with Gasteiger partial charge in [0.2, 0.25) is 0 Å². The highest BCUT2D eigenvalue weighted by molar-refractivity contribution is 7.56. The van der Waals surface area contributed by atoms with Crippen LogP contribution in [-0.4, -0.2) is 45.2 Å². The second-order valence-electron chi connectivity index (χ2n) is 7.69. The number of rotatable bonds is 20. The zero-order valence-electron chi connectivity index (χ0n) is 18.0. The summed E-state index contributed by atoms with van der Waals surface area (Å²) in [7, 11) is -4.15. The van der Waals surface area contributed by atoms with E-state index in [0.29, 0.717) is 18.3 Å². The van der Waals surface area contributed by atoms with E-state index >= 15 is 0 Å². The zero-order chi connectivity index (χ0) is 22.0. The molecule has 0 aromatic heterocycles. The minimum absolute atomic E-state index is 0.291. The number of allylic oxidation sites excluding steroid dienone is 2. The predicted molar refractivity (Wildman–Crippen MR) is 117 cm³/mol. The van der Waals surface area contributed by atoms with Gasteiger partial charge in [0.15, 0.2) is 0 Å². The molecule has 0 spiro atoms. The van der Waals surface area contributed by atoms with Crippen LogP contribution >= 0.6 is 7.60 Å². The van der Waals surface area contributed by atoms with E-state index in [0.717, 1.165) is 57.8 Å². The van der Waals surface area contributed by atoms with Crippen molar-refractivity contribution in [3.63, 3.8) is 0 Å². The van der Waals surface area contributed by atoms with Crippen LogP contribution in [0, 0.1) is 0 Å². The lowest BCUT2D eigenvalue weighted by Gasteiger charge is -2.11. The number of nitrogens with one attached hydrogen (secondary N) is 1. The van der Waals surface area contributed by atoms with Gasteiger partial charge in [-0.25, -0.2) is 0 Å². The summed E-state index contributed by atoms with van der Waals surface area (Å²) in [5, 5.41) is 20.8. The fourth-order valence-corrected chi connectivity index (χ4v) is 4.02. The van der Waals surface area contributed by atoms with Crippen LogP contribution in [0.25, 0.3) is 0 Å². The Morgan fingerprint density at radius 2 is 1.48 bits per heavy atom. The number of unbranched alkanes of at least 4 members (excludes halogenated alkanes) is 11. The number of carboxylic acids is 1. The predicted octanol–water partition coefficient (Wildman–Crippen LogP) is 4.56. The molecule has 0 aliphatic heterocycles. The molecule has 0 bridgehead atoms. The first-order valence-electron chi connectivity index (χ1n) is 11.1. The van der Waals surface area contributed by atoms with E-state index in [1.54, 1.807) is 6.08 Å². The second-order valence-corrected chi connectivity index (χ2v) is 9.36. The third kappa shape index (κ3) is 16.7. The van der Waals surface area contributed by atoms with Gasteiger partial charge in [0.25, 0.3) is 0 Å². The SMILES string of the molecule is CCCCCCCCC=C(CCCCCCCCN[C@@H](CO)C(=O)O)P(=O)(O)O. The highest BCUT2D eigenvalue weighted by Crippen LogP contribution is 2.47. The van der Waals surface area contributed by atoms with E-state index in [1.807, 2.05) is 0 Å². The van der Waals surface area contributed by atoms with Crippen LogP contribution in [0.5, 0.6) is 0 Å². The van der Waals surface area contributed by atoms with Gasteiger partial charge in [-0.1, -0.05) is 70.8 Å². The summed E-state index contributed by atoms with van der Waals surface area (Å²) in [6.45, 7) is 2.33. The van der Waals surface area contributed by atoms with Crippen LogP contribution in [-0.2, 0) is 9.36 Å². The molecule has 0 radical (unpaired) electrons. The third-order valence-corrected chi connectivity index (χ3v) is 6.20. The summed E-state index contributed by atoms with van der Waals surface area (Å²) in [4.78, 5) is 29.8. The van der Waals surface area contributed by atoms with Crippen molar-refractivity contribution in [2.24, 2.45) is 0 Å². The molecule has 0 unspecified atom stereocenters. The molecule has 0 saturated carbocycles. The standard InChI is InChI=1S/C21H42NO6P/c1-2-3-4-5-6-9-12-15-19(29(26,27)28)16-13-10-7-8-11-14-17-22-20(18-23)21(24)25/h15,20,22-23H,2-14,16-18H2,1H3,(H,24,25)(H2,26,27,28)/t20-/m0/s1. The molecule has 0 saturated heterocycles. The maximum atomic E-state index is 11.7. The molecule has 5 N–H and O–H groups in total. The topological polar surface area (TPSA) is 127 Å². The Labute approximate surface area is 176 Å². The smallest absolute Gasteiger partial charge is 0.351 e. The molecule has 0 rings (SSSR count). The van der Waals surface area contributed by atoms with Crippen molar-refractivity contribution in [2.75, 3.05) is 13.2 Å². The number of carbonyl (C=O) groups is 1. The average Bonchev–Trinajstić information content (AvgIpc) is 2.65. The Morgan fingerprint density at radius 3 is 2.03 bits per heavy atom. The first-order valence-corrected chi connectivity index (χ1v) is 12.8. The molecule has 0 aliphatic rings. The van der Waals surface area contributed by atoms with Gasteiger partial charge >= 0.3 is 13.6 Å². The molecular weight excluding hydrogens is 393 g/mol. The number of aliphatic hydroxyl groups excluding tert-OH is 1. The van der Waals surface area contributed by atoms with E-state index in [2.05, 4.69) is 12.2 Å². The van der Waals surface area contributed by atoms with Gasteiger partial charge < -0.3 is 25.3 Å². The van der Waals surface area contributed by atoms with Crippen LogP contribution in [0.1, 0.15) is 96.8 Å². The Balaban J connectivity index is 3.85. The zero-order valence-corrected chi connectivity index (χ0v) is 18.9. The van der Waals surface area contributed by atoms with E-state index < -0.39 is 26.2 Å². The van der Waals surface area contributed by atoms with Crippen LogP contribution in [0.4, 0.5) is 0 Å². The molecule has 1 atom stereocenters. The highest BCUT2D eigenvalue weighted by Gasteiger charge is 2.19. The van der Waals surface area contributed by atoms with Crippen LogP contribution in [0.15, 0.2) is 11.4 Å². The monoisotopic (exact) mass is 435 g/mol. The van der Waals surface area contributed by atoms with E-state index in [4.69, 9.17) is 10.2 Å². The molecule has 0 aliphatic carbocycles. The summed E-state index contributed by atoms with van der Waals surface area (Å²) in [5.74, 6) is -1.04. The van der Waals surface area contributed by atoms with Crippen LogP contribution in [0.2, 0.25) is 0 Å². The summed E-state index contributed by atoms with van der Waals surface area (Å²) in [6.07, 6.45) is 15.5. The van der Waals surface area contributed by atoms with Crippen molar-refractivity contribution in [1.82, 2.24) is 5.32 Å². The lowest BCUT2D eigenvalue weighted by atomic mass is 10.1. The molecule has 7 nitrogen and oxygen atoms in total. The summed E-state index contributed by atoms with van der Waals surface area (Å²) in [6, 6.07) is -0.899. The van der Waals surface area contributed by atoms with Gasteiger partial charge in [-0.2, -0.15) is 0 Å². The Hall–Kier alpha value is -0.720. The quantitative estimate of drug-likeness (QED) is 0.140. The van der Waals surface area contributed by atoms with Crippen molar-refractivity contribution in [2.45, 2.75) is 103 Å². The lowest BCUT2D eigenvalue weighted by molar-refractivity contribution is -0.140.